The molecule has 1 aromatic carbocycles. The average molecular weight is 327 g/mol. The third-order valence-electron chi connectivity index (χ3n) is 2.74. The Morgan fingerprint density at radius 3 is 2.67 bits per heavy atom. The van der Waals surface area contributed by atoms with E-state index in [0.29, 0.717) is 11.6 Å². The van der Waals surface area contributed by atoms with E-state index in [9.17, 15) is 9.59 Å². The molecule has 2 aromatic rings. The highest BCUT2D eigenvalue weighted by atomic mass is 35.5. The summed E-state index contributed by atoms with van der Waals surface area (Å²) in [6.07, 6.45) is 1.53. The smallest absolute Gasteiger partial charge is 0.271 e. The van der Waals surface area contributed by atoms with Crippen LogP contribution in [0.15, 0.2) is 24.4 Å². The number of hydrogen-bond donors (Lipinski definition) is 2. The Hall–Kier alpha value is -2.05. The molecule has 2 rings (SSSR count). The maximum absolute atomic E-state index is 12.2. The number of hydrogen-bond acceptors (Lipinski definition) is 3. The van der Waals surface area contributed by atoms with Gasteiger partial charge in [0.15, 0.2) is 5.69 Å². The van der Waals surface area contributed by atoms with Gasteiger partial charge in [0.05, 0.1) is 16.3 Å². The van der Waals surface area contributed by atoms with Crippen LogP contribution in [0.3, 0.4) is 0 Å². The fraction of sp³-hybridized carbons (Fsp3) is 0.154. The molecule has 0 radical (unpaired) electrons. The fourth-order valence-corrected chi connectivity index (χ4v) is 2.21. The van der Waals surface area contributed by atoms with E-state index < -0.39 is 11.8 Å². The van der Waals surface area contributed by atoms with Crippen molar-refractivity contribution in [1.29, 1.82) is 0 Å². The van der Waals surface area contributed by atoms with Crippen molar-refractivity contribution in [2.45, 2.75) is 13.5 Å². The summed E-state index contributed by atoms with van der Waals surface area (Å²) in [6.45, 7) is 2.39. The molecule has 0 saturated heterocycles. The van der Waals surface area contributed by atoms with E-state index in [2.05, 4.69) is 10.4 Å². The number of nitrogens with zero attached hydrogens (tertiary/aromatic N) is 2. The first-order valence-electron chi connectivity index (χ1n) is 6.06. The van der Waals surface area contributed by atoms with Gasteiger partial charge in [-0.1, -0.05) is 23.2 Å². The first kappa shape index (κ1) is 15.3. The number of aromatic nitrogens is 2. The van der Waals surface area contributed by atoms with Gasteiger partial charge in [-0.3, -0.25) is 14.3 Å². The maximum Gasteiger partial charge on any atom is 0.271 e. The Morgan fingerprint density at radius 2 is 2.10 bits per heavy atom. The number of rotatable bonds is 4. The molecule has 0 aliphatic carbocycles. The molecule has 0 unspecified atom stereocenters. The lowest BCUT2D eigenvalue weighted by Gasteiger charge is -2.06. The molecule has 0 spiro atoms. The summed E-state index contributed by atoms with van der Waals surface area (Å²) < 4.78 is 1.50. The van der Waals surface area contributed by atoms with E-state index in [1.54, 1.807) is 6.07 Å². The van der Waals surface area contributed by atoms with Crippen molar-refractivity contribution in [3.05, 3.63) is 45.7 Å². The summed E-state index contributed by atoms with van der Waals surface area (Å²) in [4.78, 5) is 23.5. The van der Waals surface area contributed by atoms with E-state index in [0.717, 1.165) is 0 Å². The van der Waals surface area contributed by atoms with E-state index in [-0.39, 0.29) is 22.0 Å². The normalized spacial score (nSPS) is 10.4. The first-order valence-corrected chi connectivity index (χ1v) is 6.81. The summed E-state index contributed by atoms with van der Waals surface area (Å²) >= 11 is 11.7. The van der Waals surface area contributed by atoms with E-state index in [1.165, 1.54) is 23.0 Å². The van der Waals surface area contributed by atoms with Crippen LogP contribution >= 0.6 is 23.2 Å². The quantitative estimate of drug-likeness (QED) is 0.904. The third kappa shape index (κ3) is 3.34. The van der Waals surface area contributed by atoms with E-state index in [1.807, 2.05) is 6.92 Å². The fourth-order valence-electron chi connectivity index (χ4n) is 1.72. The second-order valence-corrected chi connectivity index (χ2v) is 5.03. The lowest BCUT2D eigenvalue weighted by Crippen LogP contribution is -2.18. The Kier molecular flexibility index (Phi) is 4.50. The van der Waals surface area contributed by atoms with Crippen LogP contribution in [-0.4, -0.2) is 21.6 Å². The molecule has 3 N–H and O–H groups in total. The molecule has 0 atom stereocenters. The molecule has 21 heavy (non-hydrogen) atoms. The molecule has 2 amide bonds. The summed E-state index contributed by atoms with van der Waals surface area (Å²) in [5.41, 5.74) is 5.71. The number of anilines is 1. The van der Waals surface area contributed by atoms with Crippen molar-refractivity contribution >= 4 is 40.7 Å². The number of carbonyl (C=O) groups is 2. The van der Waals surface area contributed by atoms with Gasteiger partial charge < -0.3 is 11.1 Å². The number of aryl methyl sites for hydroxylation is 1. The topological polar surface area (TPSA) is 90.0 Å². The van der Waals surface area contributed by atoms with Gasteiger partial charge >= 0.3 is 0 Å². The van der Waals surface area contributed by atoms with Crippen LogP contribution in [0.25, 0.3) is 0 Å². The van der Waals surface area contributed by atoms with Crippen LogP contribution in [0.5, 0.6) is 0 Å². The number of nitrogens with two attached hydrogens (primary N) is 1. The lowest BCUT2D eigenvalue weighted by atomic mass is 10.2. The van der Waals surface area contributed by atoms with Crippen LogP contribution in [0, 0.1) is 0 Å². The molecule has 6 nitrogen and oxygen atoms in total. The zero-order valence-corrected chi connectivity index (χ0v) is 12.6. The van der Waals surface area contributed by atoms with Crippen molar-refractivity contribution in [1.82, 2.24) is 9.78 Å². The van der Waals surface area contributed by atoms with Crippen molar-refractivity contribution < 1.29 is 9.59 Å². The molecular formula is C13H12Cl2N4O2. The van der Waals surface area contributed by atoms with Gasteiger partial charge in [0.1, 0.15) is 0 Å². The van der Waals surface area contributed by atoms with Gasteiger partial charge in [0, 0.05) is 17.8 Å². The zero-order chi connectivity index (χ0) is 15.6. The second kappa shape index (κ2) is 6.15. The maximum atomic E-state index is 12.2. The largest absolute Gasteiger partial charge is 0.364 e. The number of carbonyl (C=O) groups excluding carboxylic acids is 2. The minimum Gasteiger partial charge on any atom is -0.364 e. The standard InChI is InChI=1S/C13H12Cl2N4O2/c1-2-19-6-10(11(18-19)12(16)20)17-13(21)8-4-3-7(14)5-9(8)15/h3-6H,2H2,1H3,(H2,16,20)(H,17,21). The van der Waals surface area contributed by atoms with E-state index in [4.69, 9.17) is 28.9 Å². The highest BCUT2D eigenvalue weighted by Gasteiger charge is 2.18. The first-order chi connectivity index (χ1) is 9.92. The number of halogens is 2. The highest BCUT2D eigenvalue weighted by Crippen LogP contribution is 2.22. The predicted octanol–water partition coefficient (Wildman–Crippen LogP) is 2.56. The van der Waals surface area contributed by atoms with Crippen LogP contribution in [0.2, 0.25) is 10.0 Å². The number of primary amides is 1. The molecule has 0 saturated carbocycles. The molecule has 0 aliphatic rings. The van der Waals surface area contributed by atoms with Gasteiger partial charge in [0.2, 0.25) is 0 Å². The molecule has 110 valence electrons. The van der Waals surface area contributed by atoms with Gasteiger partial charge in [-0.05, 0) is 25.1 Å². The molecule has 1 aromatic heterocycles. The monoisotopic (exact) mass is 326 g/mol. The van der Waals surface area contributed by atoms with Crippen molar-refractivity contribution in [2.24, 2.45) is 5.73 Å². The van der Waals surface area contributed by atoms with Crippen molar-refractivity contribution in [3.63, 3.8) is 0 Å². The number of benzene rings is 1. The Balaban J connectivity index is 2.31. The Labute approximate surface area is 130 Å². The van der Waals surface area contributed by atoms with Gasteiger partial charge in [0.25, 0.3) is 11.8 Å². The highest BCUT2D eigenvalue weighted by molar-refractivity contribution is 6.37. The minimum absolute atomic E-state index is 0.00436. The molecule has 8 heteroatoms. The molecule has 0 fully saturated rings. The predicted molar refractivity (Wildman–Crippen MR) is 80.8 cm³/mol. The van der Waals surface area contributed by atoms with Crippen LogP contribution in [0.1, 0.15) is 27.8 Å². The number of nitrogens with one attached hydrogen (secondary N) is 1. The zero-order valence-electron chi connectivity index (χ0n) is 11.1. The minimum atomic E-state index is -0.722. The van der Waals surface area contributed by atoms with Crippen LogP contribution < -0.4 is 11.1 Å². The van der Waals surface area contributed by atoms with Crippen LogP contribution in [0.4, 0.5) is 5.69 Å². The third-order valence-corrected chi connectivity index (χ3v) is 3.29. The van der Waals surface area contributed by atoms with Crippen molar-refractivity contribution in [2.75, 3.05) is 5.32 Å². The Morgan fingerprint density at radius 1 is 1.38 bits per heavy atom. The Bertz CT molecular complexity index is 712. The average Bonchev–Trinajstić information content (AvgIpc) is 2.81. The SMILES string of the molecule is CCn1cc(NC(=O)c2ccc(Cl)cc2Cl)c(C(N)=O)n1. The van der Waals surface area contributed by atoms with Crippen LogP contribution in [-0.2, 0) is 6.54 Å². The molecule has 1 heterocycles. The van der Waals surface area contributed by atoms with E-state index >= 15 is 0 Å². The summed E-state index contributed by atoms with van der Waals surface area (Å²) in [5.74, 6) is -1.20. The summed E-state index contributed by atoms with van der Waals surface area (Å²) in [5, 5.41) is 7.19. The van der Waals surface area contributed by atoms with Gasteiger partial charge in [-0.15, -0.1) is 0 Å². The molecule has 0 bridgehead atoms. The van der Waals surface area contributed by atoms with Gasteiger partial charge in [-0.25, -0.2) is 0 Å². The summed E-state index contributed by atoms with van der Waals surface area (Å²) in [6, 6.07) is 4.50. The van der Waals surface area contributed by atoms with Gasteiger partial charge in [-0.2, -0.15) is 5.10 Å². The molecular weight excluding hydrogens is 315 g/mol. The second-order valence-electron chi connectivity index (χ2n) is 4.19. The lowest BCUT2D eigenvalue weighted by molar-refractivity contribution is 0.0995. The van der Waals surface area contributed by atoms with Crippen molar-refractivity contribution in [3.8, 4) is 0 Å². The molecule has 0 aliphatic heterocycles. The summed E-state index contributed by atoms with van der Waals surface area (Å²) in [7, 11) is 0. The number of amides is 2.